The lowest BCUT2D eigenvalue weighted by Gasteiger charge is -2.10. The van der Waals surface area contributed by atoms with Crippen LogP contribution in [-0.4, -0.2) is 23.0 Å². The molecule has 8 heteroatoms. The molecule has 0 aliphatic rings. The maximum absolute atomic E-state index is 12.3. The van der Waals surface area contributed by atoms with E-state index < -0.39 is 10.8 Å². The van der Waals surface area contributed by atoms with Crippen molar-refractivity contribution in [3.8, 4) is 11.5 Å². The third-order valence-electron chi connectivity index (χ3n) is 2.85. The molecule has 1 amide bonds. The van der Waals surface area contributed by atoms with Crippen LogP contribution < -0.4 is 10.1 Å². The molecule has 0 spiro atoms. The molecule has 22 heavy (non-hydrogen) atoms. The summed E-state index contributed by atoms with van der Waals surface area (Å²) in [6.45, 7) is 0. The minimum atomic E-state index is -0.668. The van der Waals surface area contributed by atoms with Gasteiger partial charge in [-0.05, 0) is 24.3 Å². The summed E-state index contributed by atoms with van der Waals surface area (Å²) in [7, 11) is 1.34. The predicted molar refractivity (Wildman–Crippen MR) is 80.7 cm³/mol. The van der Waals surface area contributed by atoms with Crippen molar-refractivity contribution in [2.24, 2.45) is 0 Å². The summed E-state index contributed by atoms with van der Waals surface area (Å²) in [5.41, 5.74) is -0.191. The summed E-state index contributed by atoms with van der Waals surface area (Å²) in [6, 6.07) is 7.79. The Labute approximate surface area is 130 Å². The maximum atomic E-state index is 12.3. The van der Waals surface area contributed by atoms with Crippen LogP contribution in [0.4, 0.5) is 11.4 Å². The van der Waals surface area contributed by atoms with Gasteiger partial charge < -0.3 is 15.2 Å². The van der Waals surface area contributed by atoms with Crippen LogP contribution in [0.15, 0.2) is 36.4 Å². The number of carbonyl (C=O) groups is 1. The largest absolute Gasteiger partial charge is 0.506 e. The average molecular weight is 323 g/mol. The Morgan fingerprint density at radius 1 is 1.32 bits per heavy atom. The molecule has 0 aromatic heterocycles. The lowest BCUT2D eigenvalue weighted by Crippen LogP contribution is -2.13. The Morgan fingerprint density at radius 3 is 2.68 bits per heavy atom. The Bertz CT molecular complexity index is 748. The number of hydrogen-bond donors (Lipinski definition) is 2. The first-order valence-corrected chi connectivity index (χ1v) is 6.42. The number of phenolic OH excluding ortho intramolecular Hbond substituents is 1. The van der Waals surface area contributed by atoms with Gasteiger partial charge in [0.15, 0.2) is 0 Å². The highest BCUT2D eigenvalue weighted by Gasteiger charge is 2.18. The second kappa shape index (κ2) is 6.31. The van der Waals surface area contributed by atoms with E-state index in [2.05, 4.69) is 5.32 Å². The number of phenols is 1. The zero-order valence-corrected chi connectivity index (χ0v) is 12.1. The summed E-state index contributed by atoms with van der Waals surface area (Å²) in [5, 5.41) is 23.2. The molecule has 2 rings (SSSR count). The fraction of sp³-hybridized carbons (Fsp3) is 0.0714. The average Bonchev–Trinajstić information content (AvgIpc) is 2.50. The molecule has 0 radical (unpaired) electrons. The molecule has 0 heterocycles. The van der Waals surface area contributed by atoms with Crippen LogP contribution in [0, 0.1) is 10.1 Å². The van der Waals surface area contributed by atoms with Crippen LogP contribution in [0.5, 0.6) is 11.5 Å². The molecular weight excluding hydrogens is 312 g/mol. The van der Waals surface area contributed by atoms with Gasteiger partial charge >= 0.3 is 0 Å². The molecule has 2 aromatic carbocycles. The first kappa shape index (κ1) is 15.6. The van der Waals surface area contributed by atoms with Gasteiger partial charge in [-0.3, -0.25) is 14.9 Å². The highest BCUT2D eigenvalue weighted by molar-refractivity contribution is 6.31. The van der Waals surface area contributed by atoms with Crippen LogP contribution in [0.1, 0.15) is 10.4 Å². The number of nitro groups is 1. The highest BCUT2D eigenvalue weighted by atomic mass is 35.5. The molecule has 114 valence electrons. The minimum absolute atomic E-state index is 0.0314. The topological polar surface area (TPSA) is 102 Å². The Kier molecular flexibility index (Phi) is 4.47. The first-order chi connectivity index (χ1) is 10.4. The molecule has 0 atom stereocenters. The number of nitro benzene ring substituents is 1. The molecule has 0 unspecified atom stereocenters. The molecule has 2 N–H and O–H groups in total. The van der Waals surface area contributed by atoms with E-state index in [9.17, 15) is 20.0 Å². The van der Waals surface area contributed by atoms with Crippen molar-refractivity contribution in [3.63, 3.8) is 0 Å². The summed E-state index contributed by atoms with van der Waals surface area (Å²) in [4.78, 5) is 22.5. The number of anilines is 1. The van der Waals surface area contributed by atoms with Gasteiger partial charge in [0.25, 0.3) is 11.6 Å². The SMILES string of the molecule is COc1ccc([N+](=O)[O-])cc1C(=O)Nc1cc(Cl)ccc1O. The Morgan fingerprint density at radius 2 is 2.05 bits per heavy atom. The van der Waals surface area contributed by atoms with Crippen molar-refractivity contribution >= 4 is 28.9 Å². The van der Waals surface area contributed by atoms with E-state index >= 15 is 0 Å². The van der Waals surface area contributed by atoms with Gasteiger partial charge in [-0.1, -0.05) is 11.6 Å². The number of non-ortho nitro benzene ring substituents is 1. The summed E-state index contributed by atoms with van der Waals surface area (Å²) >= 11 is 5.80. The van der Waals surface area contributed by atoms with Crippen molar-refractivity contribution in [2.75, 3.05) is 12.4 Å². The lowest BCUT2D eigenvalue weighted by molar-refractivity contribution is -0.384. The van der Waals surface area contributed by atoms with Crippen molar-refractivity contribution in [2.45, 2.75) is 0 Å². The van der Waals surface area contributed by atoms with E-state index in [4.69, 9.17) is 16.3 Å². The first-order valence-electron chi connectivity index (χ1n) is 6.04. The number of nitrogens with zero attached hydrogens (tertiary/aromatic N) is 1. The number of amides is 1. The van der Waals surface area contributed by atoms with E-state index in [1.54, 1.807) is 0 Å². The van der Waals surface area contributed by atoms with Crippen molar-refractivity contribution in [1.29, 1.82) is 0 Å². The summed E-state index contributed by atoms with van der Waals surface area (Å²) < 4.78 is 5.02. The van der Waals surface area contributed by atoms with Crippen molar-refractivity contribution in [3.05, 3.63) is 57.1 Å². The Balaban J connectivity index is 2.38. The van der Waals surface area contributed by atoms with Gasteiger partial charge in [0, 0.05) is 17.2 Å². The van der Waals surface area contributed by atoms with Gasteiger partial charge in [-0.15, -0.1) is 0 Å². The fourth-order valence-corrected chi connectivity index (χ4v) is 1.96. The second-order valence-electron chi connectivity index (χ2n) is 4.26. The molecule has 0 aliphatic heterocycles. The minimum Gasteiger partial charge on any atom is -0.506 e. The number of nitrogens with one attached hydrogen (secondary N) is 1. The third-order valence-corrected chi connectivity index (χ3v) is 3.08. The predicted octanol–water partition coefficient (Wildman–Crippen LogP) is 3.21. The number of benzene rings is 2. The van der Waals surface area contributed by atoms with E-state index in [1.165, 1.54) is 37.4 Å². The van der Waals surface area contributed by atoms with E-state index in [0.29, 0.717) is 5.02 Å². The summed E-state index contributed by atoms with van der Waals surface area (Å²) in [6.07, 6.45) is 0. The van der Waals surface area contributed by atoms with Crippen LogP contribution >= 0.6 is 11.6 Å². The molecule has 0 saturated carbocycles. The fourth-order valence-electron chi connectivity index (χ4n) is 1.79. The van der Waals surface area contributed by atoms with E-state index in [-0.39, 0.29) is 28.4 Å². The number of halogens is 1. The van der Waals surface area contributed by atoms with Crippen LogP contribution in [-0.2, 0) is 0 Å². The van der Waals surface area contributed by atoms with Crippen LogP contribution in [0.2, 0.25) is 5.02 Å². The standard InChI is InChI=1S/C14H11ClN2O5/c1-22-13-5-3-9(17(20)21)7-10(13)14(19)16-11-6-8(15)2-4-12(11)18/h2-7,18H,1H3,(H,16,19). The van der Waals surface area contributed by atoms with E-state index in [0.717, 1.165) is 6.07 Å². The van der Waals surface area contributed by atoms with Crippen LogP contribution in [0.3, 0.4) is 0 Å². The smallest absolute Gasteiger partial charge is 0.270 e. The normalized spacial score (nSPS) is 10.1. The maximum Gasteiger partial charge on any atom is 0.270 e. The molecule has 0 bridgehead atoms. The Hall–Kier alpha value is -2.80. The van der Waals surface area contributed by atoms with Gasteiger partial charge in [0.1, 0.15) is 11.5 Å². The van der Waals surface area contributed by atoms with Crippen molar-refractivity contribution in [1.82, 2.24) is 0 Å². The van der Waals surface area contributed by atoms with Gasteiger partial charge in [-0.25, -0.2) is 0 Å². The number of aromatic hydroxyl groups is 1. The lowest BCUT2D eigenvalue weighted by atomic mass is 10.1. The van der Waals surface area contributed by atoms with Crippen molar-refractivity contribution < 1.29 is 19.6 Å². The number of ether oxygens (including phenoxy) is 1. The molecule has 0 aliphatic carbocycles. The van der Waals surface area contributed by atoms with Gasteiger partial charge in [-0.2, -0.15) is 0 Å². The highest BCUT2D eigenvalue weighted by Crippen LogP contribution is 2.29. The number of rotatable bonds is 4. The zero-order valence-electron chi connectivity index (χ0n) is 11.4. The molecular formula is C14H11ClN2O5. The third kappa shape index (κ3) is 3.26. The van der Waals surface area contributed by atoms with Gasteiger partial charge in [0.2, 0.25) is 0 Å². The molecule has 2 aromatic rings. The summed E-state index contributed by atoms with van der Waals surface area (Å²) in [5.74, 6) is -0.676. The second-order valence-corrected chi connectivity index (χ2v) is 4.69. The monoisotopic (exact) mass is 322 g/mol. The van der Waals surface area contributed by atoms with E-state index in [1.807, 2.05) is 0 Å². The number of methoxy groups -OCH3 is 1. The van der Waals surface area contributed by atoms with Gasteiger partial charge in [0.05, 0.1) is 23.3 Å². The number of carbonyl (C=O) groups excluding carboxylic acids is 1. The quantitative estimate of drug-likeness (QED) is 0.511. The molecule has 7 nitrogen and oxygen atoms in total. The van der Waals surface area contributed by atoms with Crippen LogP contribution in [0.25, 0.3) is 0 Å². The number of hydrogen-bond acceptors (Lipinski definition) is 5. The molecule has 0 saturated heterocycles. The zero-order chi connectivity index (χ0) is 16.3. The molecule has 0 fully saturated rings.